The van der Waals surface area contributed by atoms with Gasteiger partial charge in [0.05, 0.1) is 32.5 Å². The molecular formula is C16H25NO3. The van der Waals surface area contributed by atoms with Crippen LogP contribution < -0.4 is 10.1 Å². The molecule has 0 heterocycles. The molecule has 1 aromatic carbocycles. The van der Waals surface area contributed by atoms with E-state index in [1.165, 1.54) is 11.1 Å². The van der Waals surface area contributed by atoms with Gasteiger partial charge in [-0.3, -0.25) is 0 Å². The third-order valence-corrected chi connectivity index (χ3v) is 3.83. The molecule has 4 heteroatoms. The Balaban J connectivity index is 2.06. The number of rotatable bonds is 7. The van der Waals surface area contributed by atoms with Gasteiger partial charge in [-0.15, -0.1) is 0 Å². The third kappa shape index (κ3) is 3.51. The summed E-state index contributed by atoms with van der Waals surface area (Å²) in [6.45, 7) is 4.05. The van der Waals surface area contributed by atoms with Crippen molar-refractivity contribution in [1.82, 2.24) is 5.32 Å². The number of likely N-dealkylation sites (N-methyl/N-ethyl adjacent to an activating group) is 1. The van der Waals surface area contributed by atoms with Crippen LogP contribution >= 0.6 is 0 Å². The molecule has 2 unspecified atom stereocenters. The minimum Gasteiger partial charge on any atom is -0.497 e. The van der Waals surface area contributed by atoms with Crippen molar-refractivity contribution < 1.29 is 14.2 Å². The number of benzene rings is 1. The van der Waals surface area contributed by atoms with Crippen LogP contribution in [0.15, 0.2) is 18.2 Å². The molecular weight excluding hydrogens is 254 g/mol. The minimum absolute atomic E-state index is 0.195. The van der Waals surface area contributed by atoms with E-state index >= 15 is 0 Å². The van der Waals surface area contributed by atoms with E-state index in [9.17, 15) is 0 Å². The third-order valence-electron chi connectivity index (χ3n) is 3.83. The van der Waals surface area contributed by atoms with Crippen LogP contribution in [-0.2, 0) is 15.9 Å². The molecule has 112 valence electrons. The number of hydrogen-bond donors (Lipinski definition) is 1. The molecule has 2 atom stereocenters. The Morgan fingerprint density at radius 1 is 1.30 bits per heavy atom. The first kappa shape index (κ1) is 15.3. The van der Waals surface area contributed by atoms with Crippen LogP contribution in [0.2, 0.25) is 0 Å². The average molecular weight is 279 g/mol. The van der Waals surface area contributed by atoms with Gasteiger partial charge in [0.2, 0.25) is 0 Å². The van der Waals surface area contributed by atoms with E-state index in [1.807, 2.05) is 20.0 Å². The molecule has 0 aliphatic heterocycles. The Morgan fingerprint density at radius 2 is 2.15 bits per heavy atom. The van der Waals surface area contributed by atoms with E-state index in [-0.39, 0.29) is 12.1 Å². The highest BCUT2D eigenvalue weighted by molar-refractivity contribution is 5.40. The van der Waals surface area contributed by atoms with Gasteiger partial charge in [-0.1, -0.05) is 6.07 Å². The molecule has 1 aliphatic carbocycles. The monoisotopic (exact) mass is 279 g/mol. The highest BCUT2D eigenvalue weighted by atomic mass is 16.5. The molecule has 0 fully saturated rings. The van der Waals surface area contributed by atoms with E-state index < -0.39 is 0 Å². The minimum atomic E-state index is 0.195. The molecule has 0 spiro atoms. The second-order valence-electron chi connectivity index (χ2n) is 4.98. The van der Waals surface area contributed by atoms with E-state index in [0.717, 1.165) is 25.2 Å². The molecule has 1 aromatic rings. The summed E-state index contributed by atoms with van der Waals surface area (Å²) in [4.78, 5) is 0. The van der Waals surface area contributed by atoms with Crippen LogP contribution in [0.4, 0.5) is 0 Å². The van der Waals surface area contributed by atoms with Crippen molar-refractivity contribution in [3.63, 3.8) is 0 Å². The number of hydrogen-bond acceptors (Lipinski definition) is 4. The van der Waals surface area contributed by atoms with Crippen LogP contribution in [0, 0.1) is 0 Å². The molecule has 0 aromatic heterocycles. The second kappa shape index (κ2) is 7.62. The van der Waals surface area contributed by atoms with Gasteiger partial charge >= 0.3 is 0 Å². The Hall–Kier alpha value is -1.10. The van der Waals surface area contributed by atoms with E-state index in [4.69, 9.17) is 14.2 Å². The van der Waals surface area contributed by atoms with Crippen LogP contribution in [0.1, 0.15) is 30.5 Å². The van der Waals surface area contributed by atoms with Crippen molar-refractivity contribution in [3.05, 3.63) is 29.3 Å². The SMILES string of the molecule is CCOCCOC1CCc2ccc(OC)cc2C1NC. The van der Waals surface area contributed by atoms with Gasteiger partial charge in [0.15, 0.2) is 0 Å². The van der Waals surface area contributed by atoms with E-state index in [2.05, 4.69) is 17.4 Å². The lowest BCUT2D eigenvalue weighted by Gasteiger charge is -2.33. The van der Waals surface area contributed by atoms with Crippen molar-refractivity contribution in [2.24, 2.45) is 0 Å². The predicted octanol–water partition coefficient (Wildman–Crippen LogP) is 2.32. The maximum Gasteiger partial charge on any atom is 0.119 e. The van der Waals surface area contributed by atoms with Gasteiger partial charge in [0, 0.05) is 6.61 Å². The number of nitrogens with one attached hydrogen (secondary N) is 1. The number of methoxy groups -OCH3 is 1. The molecule has 0 amide bonds. The highest BCUT2D eigenvalue weighted by Gasteiger charge is 2.29. The fraction of sp³-hybridized carbons (Fsp3) is 0.625. The molecule has 1 aliphatic rings. The molecule has 2 rings (SSSR count). The molecule has 4 nitrogen and oxygen atoms in total. The van der Waals surface area contributed by atoms with Gasteiger partial charge in [-0.2, -0.15) is 0 Å². The normalized spacial score (nSPS) is 21.6. The zero-order valence-electron chi connectivity index (χ0n) is 12.6. The van der Waals surface area contributed by atoms with E-state index in [0.29, 0.717) is 13.2 Å². The van der Waals surface area contributed by atoms with Gasteiger partial charge < -0.3 is 19.5 Å². The number of aryl methyl sites for hydroxylation is 1. The molecule has 0 saturated heterocycles. The summed E-state index contributed by atoms with van der Waals surface area (Å²) in [5.74, 6) is 0.902. The zero-order valence-corrected chi connectivity index (χ0v) is 12.6. The summed E-state index contributed by atoms with van der Waals surface area (Å²) in [5.41, 5.74) is 2.68. The largest absolute Gasteiger partial charge is 0.497 e. The maximum atomic E-state index is 5.99. The second-order valence-corrected chi connectivity index (χ2v) is 4.98. The first-order valence-corrected chi connectivity index (χ1v) is 7.33. The van der Waals surface area contributed by atoms with Crippen LogP contribution in [0.3, 0.4) is 0 Å². The molecule has 1 N–H and O–H groups in total. The number of fused-ring (bicyclic) bond motifs is 1. The summed E-state index contributed by atoms with van der Waals surface area (Å²) in [7, 11) is 3.69. The zero-order chi connectivity index (χ0) is 14.4. The lowest BCUT2D eigenvalue weighted by Crippen LogP contribution is -2.36. The van der Waals surface area contributed by atoms with E-state index in [1.54, 1.807) is 7.11 Å². The average Bonchev–Trinajstić information content (AvgIpc) is 2.50. The maximum absolute atomic E-state index is 5.99. The van der Waals surface area contributed by atoms with Crippen LogP contribution in [0.5, 0.6) is 5.75 Å². The van der Waals surface area contributed by atoms with Gasteiger partial charge in [-0.05, 0) is 50.1 Å². The lowest BCUT2D eigenvalue weighted by molar-refractivity contribution is -0.0157. The Labute approximate surface area is 121 Å². The summed E-state index contributed by atoms with van der Waals surface area (Å²) < 4.78 is 16.7. The van der Waals surface area contributed by atoms with Crippen molar-refractivity contribution >= 4 is 0 Å². The summed E-state index contributed by atoms with van der Waals surface area (Å²) in [5, 5.41) is 3.38. The van der Waals surface area contributed by atoms with Crippen molar-refractivity contribution in [2.45, 2.75) is 31.9 Å². The van der Waals surface area contributed by atoms with Crippen molar-refractivity contribution in [1.29, 1.82) is 0 Å². The lowest BCUT2D eigenvalue weighted by atomic mass is 9.85. The number of ether oxygens (including phenoxy) is 3. The van der Waals surface area contributed by atoms with Crippen molar-refractivity contribution in [2.75, 3.05) is 34.0 Å². The Morgan fingerprint density at radius 3 is 2.85 bits per heavy atom. The summed E-state index contributed by atoms with van der Waals surface area (Å²) in [6.07, 6.45) is 2.29. The first-order valence-electron chi connectivity index (χ1n) is 7.33. The Bertz CT molecular complexity index is 422. The molecule has 0 radical (unpaired) electrons. The Kier molecular flexibility index (Phi) is 5.83. The summed E-state index contributed by atoms with van der Waals surface area (Å²) >= 11 is 0. The first-order chi connectivity index (χ1) is 9.80. The standard InChI is InChI=1S/C16H25NO3/c1-4-19-9-10-20-15-8-6-12-5-7-13(18-3)11-14(12)16(15)17-2/h5,7,11,15-17H,4,6,8-10H2,1-3H3. The van der Waals surface area contributed by atoms with Crippen LogP contribution in [-0.4, -0.2) is 40.1 Å². The van der Waals surface area contributed by atoms with Crippen LogP contribution in [0.25, 0.3) is 0 Å². The van der Waals surface area contributed by atoms with Crippen molar-refractivity contribution in [3.8, 4) is 5.75 Å². The fourth-order valence-corrected chi connectivity index (χ4v) is 2.81. The van der Waals surface area contributed by atoms with Gasteiger partial charge in [0.1, 0.15) is 5.75 Å². The molecule has 20 heavy (non-hydrogen) atoms. The molecule has 0 saturated carbocycles. The summed E-state index contributed by atoms with van der Waals surface area (Å²) in [6, 6.07) is 6.53. The topological polar surface area (TPSA) is 39.7 Å². The highest BCUT2D eigenvalue weighted by Crippen LogP contribution is 2.34. The fourth-order valence-electron chi connectivity index (χ4n) is 2.81. The molecule has 0 bridgehead atoms. The van der Waals surface area contributed by atoms with Gasteiger partial charge in [0.25, 0.3) is 0 Å². The smallest absolute Gasteiger partial charge is 0.119 e. The predicted molar refractivity (Wildman–Crippen MR) is 79.3 cm³/mol. The van der Waals surface area contributed by atoms with Gasteiger partial charge in [-0.25, -0.2) is 0 Å². The quantitative estimate of drug-likeness (QED) is 0.778.